The van der Waals surface area contributed by atoms with E-state index in [2.05, 4.69) is 10.2 Å². The minimum atomic E-state index is -0.345. The molecule has 0 fully saturated rings. The van der Waals surface area contributed by atoms with Gasteiger partial charge in [0.25, 0.3) is 5.91 Å². The average molecular weight is 417 g/mol. The van der Waals surface area contributed by atoms with E-state index in [0.29, 0.717) is 29.3 Å². The number of rotatable bonds is 5. The van der Waals surface area contributed by atoms with E-state index in [4.69, 9.17) is 4.42 Å². The molecule has 0 aliphatic carbocycles. The topological polar surface area (TPSA) is 82.4 Å². The monoisotopic (exact) mass is 417 g/mol. The molecule has 1 atom stereocenters. The molecule has 0 spiro atoms. The molecular formula is C23H19N3O3S. The van der Waals surface area contributed by atoms with Crippen molar-refractivity contribution in [1.82, 2.24) is 15.1 Å². The smallest absolute Gasteiger partial charge is 0.273 e. The van der Waals surface area contributed by atoms with Gasteiger partial charge in [0.2, 0.25) is 0 Å². The van der Waals surface area contributed by atoms with Gasteiger partial charge in [-0.25, -0.2) is 0 Å². The van der Waals surface area contributed by atoms with E-state index >= 15 is 0 Å². The third kappa shape index (κ3) is 2.98. The van der Waals surface area contributed by atoms with Crippen LogP contribution in [0.4, 0.5) is 0 Å². The van der Waals surface area contributed by atoms with Gasteiger partial charge < -0.3 is 14.4 Å². The molecule has 2 aromatic carbocycles. The molecule has 0 saturated carbocycles. The molecule has 4 aromatic rings. The Morgan fingerprint density at radius 3 is 2.63 bits per heavy atom. The Morgan fingerprint density at radius 2 is 1.93 bits per heavy atom. The van der Waals surface area contributed by atoms with Gasteiger partial charge in [-0.05, 0) is 48.2 Å². The molecule has 1 aliphatic rings. The molecule has 7 heteroatoms. The van der Waals surface area contributed by atoms with Crippen molar-refractivity contribution >= 4 is 17.7 Å². The van der Waals surface area contributed by atoms with Crippen LogP contribution in [-0.2, 0) is 6.54 Å². The van der Waals surface area contributed by atoms with Crippen LogP contribution in [0.15, 0.2) is 76.2 Å². The number of nitrogens with one attached hydrogen (secondary N) is 1. The molecule has 150 valence electrons. The van der Waals surface area contributed by atoms with Gasteiger partial charge in [-0.15, -0.1) is 11.8 Å². The van der Waals surface area contributed by atoms with Crippen LogP contribution in [0.5, 0.6) is 5.75 Å². The summed E-state index contributed by atoms with van der Waals surface area (Å²) in [5.74, 6) is 0.686. The number of thioether (sulfide) groups is 1. The summed E-state index contributed by atoms with van der Waals surface area (Å²) in [6, 6.07) is 18.5. The highest BCUT2D eigenvalue weighted by atomic mass is 32.2. The number of aromatic hydroxyl groups is 1. The first kappa shape index (κ1) is 18.6. The summed E-state index contributed by atoms with van der Waals surface area (Å²) in [6.07, 6.45) is 3.63. The highest BCUT2D eigenvalue weighted by molar-refractivity contribution is 7.98. The number of aromatic nitrogens is 2. The third-order valence-corrected chi connectivity index (χ3v) is 6.10. The summed E-state index contributed by atoms with van der Waals surface area (Å²) in [5, 5.41) is 17.7. The Hall–Kier alpha value is -3.45. The number of carbonyl (C=O) groups is 1. The zero-order valence-corrected chi connectivity index (χ0v) is 17.0. The molecule has 0 unspecified atom stereocenters. The molecule has 2 aromatic heterocycles. The van der Waals surface area contributed by atoms with Crippen LogP contribution in [0, 0.1) is 0 Å². The normalized spacial score (nSPS) is 15.6. The number of furan rings is 1. The number of phenolic OH excluding ortho intramolecular Hbond substituents is 1. The number of phenols is 1. The lowest BCUT2D eigenvalue weighted by atomic mass is 9.95. The molecule has 6 nitrogen and oxygen atoms in total. The predicted octanol–water partition coefficient (Wildman–Crippen LogP) is 4.84. The van der Waals surface area contributed by atoms with Gasteiger partial charge in [-0.1, -0.05) is 24.3 Å². The second kappa shape index (κ2) is 7.42. The molecule has 3 heterocycles. The van der Waals surface area contributed by atoms with E-state index in [-0.39, 0.29) is 17.7 Å². The van der Waals surface area contributed by atoms with Crippen LogP contribution in [0.2, 0.25) is 0 Å². The standard InChI is InChI=1S/C23H19N3O3S/c1-30-16-10-8-14(9-11-16)22-19-20(17-6-2-3-7-18(17)27)24-25-21(19)23(28)26(22)13-15-5-4-12-29-15/h2-12,22,27H,13H2,1H3,(H,24,25)/t22-/m0/s1. The molecule has 1 aliphatic heterocycles. The van der Waals surface area contributed by atoms with Gasteiger partial charge in [-0.2, -0.15) is 5.10 Å². The van der Waals surface area contributed by atoms with E-state index in [0.717, 1.165) is 16.0 Å². The summed E-state index contributed by atoms with van der Waals surface area (Å²) in [5.41, 5.74) is 3.36. The summed E-state index contributed by atoms with van der Waals surface area (Å²) in [7, 11) is 0. The molecule has 0 saturated heterocycles. The van der Waals surface area contributed by atoms with E-state index < -0.39 is 0 Å². The Balaban J connectivity index is 1.66. The minimum absolute atomic E-state index is 0.125. The molecule has 30 heavy (non-hydrogen) atoms. The number of hydrogen-bond acceptors (Lipinski definition) is 5. The van der Waals surface area contributed by atoms with Gasteiger partial charge >= 0.3 is 0 Å². The van der Waals surface area contributed by atoms with Gasteiger partial charge in [-0.3, -0.25) is 9.89 Å². The number of para-hydroxylation sites is 1. The van der Waals surface area contributed by atoms with Gasteiger partial charge in [0.15, 0.2) is 0 Å². The number of fused-ring (bicyclic) bond motifs is 1. The highest BCUT2D eigenvalue weighted by Gasteiger charge is 2.42. The fourth-order valence-electron chi connectivity index (χ4n) is 3.94. The first-order valence-corrected chi connectivity index (χ1v) is 10.7. The second-order valence-electron chi connectivity index (χ2n) is 7.07. The minimum Gasteiger partial charge on any atom is -0.507 e. The van der Waals surface area contributed by atoms with Crippen molar-refractivity contribution in [1.29, 1.82) is 0 Å². The predicted molar refractivity (Wildman–Crippen MR) is 114 cm³/mol. The van der Waals surface area contributed by atoms with E-state index in [1.54, 1.807) is 41.1 Å². The fourth-order valence-corrected chi connectivity index (χ4v) is 4.35. The number of H-pyrrole nitrogens is 1. The van der Waals surface area contributed by atoms with Crippen molar-refractivity contribution in [3.05, 3.63) is 89.5 Å². The summed E-state index contributed by atoms with van der Waals surface area (Å²) in [4.78, 5) is 16.2. The van der Waals surface area contributed by atoms with Crippen LogP contribution < -0.4 is 0 Å². The zero-order valence-electron chi connectivity index (χ0n) is 16.2. The lowest BCUT2D eigenvalue weighted by Crippen LogP contribution is -2.28. The lowest BCUT2D eigenvalue weighted by Gasteiger charge is -2.25. The van der Waals surface area contributed by atoms with E-state index in [1.165, 1.54) is 0 Å². The van der Waals surface area contributed by atoms with Gasteiger partial charge in [0.05, 0.1) is 18.8 Å². The summed E-state index contributed by atoms with van der Waals surface area (Å²) in [6.45, 7) is 0.337. The Labute approximate surface area is 177 Å². The maximum absolute atomic E-state index is 13.3. The Bertz CT molecular complexity index is 1200. The average Bonchev–Trinajstić information content (AvgIpc) is 3.49. The molecule has 2 N–H and O–H groups in total. The molecule has 0 bridgehead atoms. The maximum Gasteiger partial charge on any atom is 0.273 e. The second-order valence-corrected chi connectivity index (χ2v) is 7.95. The maximum atomic E-state index is 13.3. The first-order chi connectivity index (χ1) is 14.7. The number of nitrogens with zero attached hydrogens (tertiary/aromatic N) is 2. The molecule has 0 radical (unpaired) electrons. The fraction of sp³-hybridized carbons (Fsp3) is 0.130. The third-order valence-electron chi connectivity index (χ3n) is 5.36. The van der Waals surface area contributed by atoms with Crippen LogP contribution in [0.3, 0.4) is 0 Å². The summed E-state index contributed by atoms with van der Waals surface area (Å²) >= 11 is 1.67. The molecule has 5 rings (SSSR count). The summed E-state index contributed by atoms with van der Waals surface area (Å²) < 4.78 is 5.51. The number of aromatic amines is 1. The van der Waals surface area contributed by atoms with Crippen LogP contribution in [0.25, 0.3) is 11.3 Å². The Kier molecular flexibility index (Phi) is 4.59. The number of benzene rings is 2. The van der Waals surface area contributed by atoms with E-state index in [9.17, 15) is 9.90 Å². The van der Waals surface area contributed by atoms with Crippen LogP contribution in [0.1, 0.15) is 33.4 Å². The zero-order chi connectivity index (χ0) is 20.7. The van der Waals surface area contributed by atoms with Crippen LogP contribution in [-0.4, -0.2) is 32.4 Å². The van der Waals surface area contributed by atoms with Crippen molar-refractivity contribution in [2.24, 2.45) is 0 Å². The van der Waals surface area contributed by atoms with Crippen LogP contribution >= 0.6 is 11.8 Å². The first-order valence-electron chi connectivity index (χ1n) is 9.51. The van der Waals surface area contributed by atoms with Gasteiger partial charge in [0, 0.05) is 16.0 Å². The quantitative estimate of drug-likeness (QED) is 0.454. The largest absolute Gasteiger partial charge is 0.507 e. The molecule has 1 amide bonds. The Morgan fingerprint density at radius 1 is 1.13 bits per heavy atom. The lowest BCUT2D eigenvalue weighted by molar-refractivity contribution is 0.0717. The number of hydrogen-bond donors (Lipinski definition) is 2. The van der Waals surface area contributed by atoms with E-state index in [1.807, 2.05) is 48.7 Å². The van der Waals surface area contributed by atoms with Gasteiger partial charge in [0.1, 0.15) is 22.9 Å². The van der Waals surface area contributed by atoms with Crippen molar-refractivity contribution in [2.75, 3.05) is 6.26 Å². The number of carbonyl (C=O) groups excluding carboxylic acids is 1. The SMILES string of the molecule is CSc1ccc([C@H]2c3c(-c4ccccc4O)n[nH]c3C(=O)N2Cc2ccco2)cc1. The van der Waals surface area contributed by atoms with Crippen molar-refractivity contribution in [2.45, 2.75) is 17.5 Å². The highest BCUT2D eigenvalue weighted by Crippen LogP contribution is 2.45. The van der Waals surface area contributed by atoms with Crippen molar-refractivity contribution < 1.29 is 14.3 Å². The van der Waals surface area contributed by atoms with Crippen molar-refractivity contribution in [3.63, 3.8) is 0 Å². The van der Waals surface area contributed by atoms with Crippen molar-refractivity contribution in [3.8, 4) is 17.0 Å². The number of amides is 1. The molecular weight excluding hydrogens is 398 g/mol.